The first-order valence-electron chi connectivity index (χ1n) is 3.37. The summed E-state index contributed by atoms with van der Waals surface area (Å²) in [4.78, 5) is 0. The highest BCUT2D eigenvalue weighted by Crippen LogP contribution is 1.95. The molecule has 1 unspecified atom stereocenters. The molecule has 0 spiro atoms. The van der Waals surface area contributed by atoms with E-state index >= 15 is 0 Å². The van der Waals surface area contributed by atoms with Crippen LogP contribution in [0.3, 0.4) is 0 Å². The number of ether oxygens (including phenoxy) is 2. The molecule has 0 amide bonds. The Kier molecular flexibility index (Phi) is 5.99. The van der Waals surface area contributed by atoms with Gasteiger partial charge in [-0.1, -0.05) is 0 Å². The molecule has 0 aromatic heterocycles. The van der Waals surface area contributed by atoms with Crippen LogP contribution >= 0.6 is 0 Å². The zero-order valence-corrected chi connectivity index (χ0v) is 6.39. The number of rotatable bonds is 5. The average Bonchev–Trinajstić information content (AvgIpc) is 1.85. The molecule has 0 saturated heterocycles. The fraction of sp³-hybridized carbons (Fsp3) is 0.857. The van der Waals surface area contributed by atoms with Crippen molar-refractivity contribution in [1.82, 2.24) is 0 Å². The maximum absolute atomic E-state index is 5.16. The maximum Gasteiger partial charge on any atom is 0.112 e. The second-order valence-corrected chi connectivity index (χ2v) is 1.75. The lowest BCUT2D eigenvalue weighted by Crippen LogP contribution is -2.10. The number of hydrogen-bond acceptors (Lipinski definition) is 2. The third kappa shape index (κ3) is 5.80. The molecule has 0 fully saturated rings. The molecule has 0 N–H and O–H groups in total. The van der Waals surface area contributed by atoms with Crippen LogP contribution in [-0.2, 0) is 9.47 Å². The van der Waals surface area contributed by atoms with E-state index in [0.717, 1.165) is 13.2 Å². The Hall–Kier alpha value is -0.0800. The van der Waals surface area contributed by atoms with Crippen molar-refractivity contribution in [2.24, 2.45) is 0 Å². The summed E-state index contributed by atoms with van der Waals surface area (Å²) in [6.45, 7) is 9.05. The van der Waals surface area contributed by atoms with E-state index < -0.39 is 0 Å². The van der Waals surface area contributed by atoms with Crippen molar-refractivity contribution >= 4 is 0 Å². The summed E-state index contributed by atoms with van der Waals surface area (Å²) in [6.07, 6.45) is 0.120. The van der Waals surface area contributed by atoms with Gasteiger partial charge in [0.1, 0.15) is 6.61 Å². The predicted molar refractivity (Wildman–Crippen MR) is 37.0 cm³/mol. The van der Waals surface area contributed by atoms with E-state index in [-0.39, 0.29) is 6.10 Å². The van der Waals surface area contributed by atoms with Crippen LogP contribution < -0.4 is 0 Å². The van der Waals surface area contributed by atoms with E-state index in [2.05, 4.69) is 0 Å². The van der Waals surface area contributed by atoms with Gasteiger partial charge >= 0.3 is 0 Å². The first-order valence-corrected chi connectivity index (χ1v) is 3.37. The fourth-order valence-corrected chi connectivity index (χ4v) is 0.534. The maximum atomic E-state index is 5.16. The van der Waals surface area contributed by atoms with Crippen LogP contribution in [0.15, 0.2) is 0 Å². The van der Waals surface area contributed by atoms with E-state index in [1.807, 2.05) is 20.8 Å². The second kappa shape index (κ2) is 6.05. The van der Waals surface area contributed by atoms with Gasteiger partial charge < -0.3 is 9.47 Å². The highest BCUT2D eigenvalue weighted by Gasteiger charge is 1.98. The predicted octanol–water partition coefficient (Wildman–Crippen LogP) is 1.61. The van der Waals surface area contributed by atoms with E-state index in [1.54, 1.807) is 6.61 Å². The zero-order chi connectivity index (χ0) is 7.11. The fourth-order valence-electron chi connectivity index (χ4n) is 0.534. The van der Waals surface area contributed by atoms with Crippen molar-refractivity contribution in [2.75, 3.05) is 13.2 Å². The lowest BCUT2D eigenvalue weighted by Gasteiger charge is -2.09. The molecule has 1 radical (unpaired) electrons. The first kappa shape index (κ1) is 8.92. The summed E-state index contributed by atoms with van der Waals surface area (Å²) < 4.78 is 10.2. The second-order valence-electron chi connectivity index (χ2n) is 1.75. The molecule has 9 heavy (non-hydrogen) atoms. The molecule has 0 aliphatic carbocycles. The van der Waals surface area contributed by atoms with Gasteiger partial charge in [0, 0.05) is 13.2 Å². The third-order valence-corrected chi connectivity index (χ3v) is 0.884. The summed E-state index contributed by atoms with van der Waals surface area (Å²) in [6, 6.07) is 0. The highest BCUT2D eigenvalue weighted by atomic mass is 16.5. The minimum absolute atomic E-state index is 0.120. The van der Waals surface area contributed by atoms with E-state index in [0.29, 0.717) is 0 Å². The van der Waals surface area contributed by atoms with Crippen molar-refractivity contribution in [3.05, 3.63) is 6.61 Å². The average molecular weight is 131 g/mol. The molecule has 0 saturated carbocycles. The van der Waals surface area contributed by atoms with Gasteiger partial charge in [-0.05, 0) is 20.8 Å². The molecule has 0 aliphatic heterocycles. The normalized spacial score (nSPS) is 13.7. The van der Waals surface area contributed by atoms with Crippen LogP contribution in [0.25, 0.3) is 0 Å². The molecule has 1 atom stereocenters. The van der Waals surface area contributed by atoms with Crippen molar-refractivity contribution in [3.63, 3.8) is 0 Å². The molecular formula is C7H15O2. The summed E-state index contributed by atoms with van der Waals surface area (Å²) in [5.41, 5.74) is 0. The monoisotopic (exact) mass is 131 g/mol. The van der Waals surface area contributed by atoms with Gasteiger partial charge in [0.25, 0.3) is 0 Å². The lowest BCUT2D eigenvalue weighted by atomic mass is 10.4. The van der Waals surface area contributed by atoms with Gasteiger partial charge in [-0.15, -0.1) is 0 Å². The van der Waals surface area contributed by atoms with Gasteiger partial charge in [0.05, 0.1) is 6.10 Å². The van der Waals surface area contributed by atoms with Crippen LogP contribution in [0.2, 0.25) is 0 Å². The SMILES string of the molecule is CCO[CH]C(C)OCC. The first-order chi connectivity index (χ1) is 4.31. The topological polar surface area (TPSA) is 18.5 Å². The molecule has 0 bridgehead atoms. The van der Waals surface area contributed by atoms with Gasteiger partial charge in [-0.2, -0.15) is 0 Å². The highest BCUT2D eigenvalue weighted by molar-refractivity contribution is 4.59. The van der Waals surface area contributed by atoms with Gasteiger partial charge in [-0.3, -0.25) is 0 Å². The van der Waals surface area contributed by atoms with Gasteiger partial charge in [0.2, 0.25) is 0 Å². The van der Waals surface area contributed by atoms with Crippen LogP contribution in [0.4, 0.5) is 0 Å². The molecule has 0 aromatic carbocycles. The van der Waals surface area contributed by atoms with E-state index in [4.69, 9.17) is 9.47 Å². The number of hydrogen-bond donors (Lipinski definition) is 0. The standard InChI is InChI=1S/C7H15O2/c1-4-8-6-7(3)9-5-2/h6-7H,4-5H2,1-3H3. The Morgan fingerprint density at radius 1 is 1.33 bits per heavy atom. The minimum atomic E-state index is 0.120. The molecule has 2 heteroatoms. The summed E-state index contributed by atoms with van der Waals surface area (Å²) in [7, 11) is 0. The summed E-state index contributed by atoms with van der Waals surface area (Å²) in [5, 5.41) is 0. The Bertz CT molecular complexity index is 54.9. The minimum Gasteiger partial charge on any atom is -0.376 e. The van der Waals surface area contributed by atoms with Crippen LogP contribution in [0.5, 0.6) is 0 Å². The van der Waals surface area contributed by atoms with Crippen molar-refractivity contribution < 1.29 is 9.47 Å². The molecule has 55 valence electrons. The van der Waals surface area contributed by atoms with Crippen LogP contribution in [0, 0.1) is 6.61 Å². The van der Waals surface area contributed by atoms with Crippen molar-refractivity contribution in [2.45, 2.75) is 26.9 Å². The van der Waals surface area contributed by atoms with Crippen LogP contribution in [0.1, 0.15) is 20.8 Å². The summed E-state index contributed by atoms with van der Waals surface area (Å²) >= 11 is 0. The lowest BCUT2D eigenvalue weighted by molar-refractivity contribution is 0.0427. The van der Waals surface area contributed by atoms with Gasteiger partial charge in [-0.25, -0.2) is 0 Å². The molecule has 0 rings (SSSR count). The molecular weight excluding hydrogens is 116 g/mol. The molecule has 0 heterocycles. The zero-order valence-electron chi connectivity index (χ0n) is 6.39. The van der Waals surface area contributed by atoms with Crippen molar-refractivity contribution in [3.8, 4) is 0 Å². The third-order valence-electron chi connectivity index (χ3n) is 0.884. The van der Waals surface area contributed by atoms with Crippen LogP contribution in [-0.4, -0.2) is 19.3 Å². The smallest absolute Gasteiger partial charge is 0.112 e. The quantitative estimate of drug-likeness (QED) is 0.564. The molecule has 0 aliphatic rings. The Balaban J connectivity index is 2.95. The molecule has 0 aromatic rings. The van der Waals surface area contributed by atoms with Gasteiger partial charge in [0.15, 0.2) is 0 Å². The summed E-state index contributed by atoms with van der Waals surface area (Å²) in [5.74, 6) is 0. The Morgan fingerprint density at radius 2 is 2.00 bits per heavy atom. The largest absolute Gasteiger partial charge is 0.376 e. The molecule has 2 nitrogen and oxygen atoms in total. The van der Waals surface area contributed by atoms with E-state index in [9.17, 15) is 0 Å². The Morgan fingerprint density at radius 3 is 2.44 bits per heavy atom. The Labute approximate surface area is 57.2 Å². The van der Waals surface area contributed by atoms with Crippen molar-refractivity contribution in [1.29, 1.82) is 0 Å². The van der Waals surface area contributed by atoms with E-state index in [1.165, 1.54) is 0 Å².